The molecule has 0 saturated carbocycles. The molecule has 0 saturated heterocycles. The van der Waals surface area contributed by atoms with Gasteiger partial charge in [-0.25, -0.2) is 8.42 Å². The van der Waals surface area contributed by atoms with Crippen LogP contribution in [0, 0.1) is 10.1 Å². The highest BCUT2D eigenvalue weighted by atomic mass is 32.2. The third-order valence-corrected chi connectivity index (χ3v) is 7.19. The van der Waals surface area contributed by atoms with Crippen molar-refractivity contribution in [3.63, 3.8) is 0 Å². The Balaban J connectivity index is 1.45. The minimum absolute atomic E-state index is 0.00422. The van der Waals surface area contributed by atoms with Gasteiger partial charge in [0, 0.05) is 17.5 Å². The lowest BCUT2D eigenvalue weighted by Gasteiger charge is -2.24. The number of carbonyl (C=O) groups is 1. The molecule has 4 rings (SSSR count). The molecule has 0 fully saturated rings. The van der Waals surface area contributed by atoms with Gasteiger partial charge in [0.2, 0.25) is 5.91 Å². The number of nitrogens with zero attached hydrogens (tertiary/aromatic N) is 2. The summed E-state index contributed by atoms with van der Waals surface area (Å²) in [5.41, 5.74) is -0.0579. The number of amides is 1. The first kappa shape index (κ1) is 24.7. The molecule has 0 aliphatic carbocycles. The lowest BCUT2D eigenvalue weighted by atomic mass is 10.1. The van der Waals surface area contributed by atoms with Crippen molar-refractivity contribution in [2.24, 2.45) is 0 Å². The second-order valence-electron chi connectivity index (χ2n) is 7.77. The number of non-ortho nitro benzene ring substituents is 1. The zero-order valence-corrected chi connectivity index (χ0v) is 19.9. The van der Waals surface area contributed by atoms with Crippen molar-refractivity contribution in [2.75, 3.05) is 24.0 Å². The van der Waals surface area contributed by atoms with Gasteiger partial charge in [0.1, 0.15) is 18.9 Å². The molecule has 4 aromatic carbocycles. The third kappa shape index (κ3) is 5.61. The topological polar surface area (TPSA) is 119 Å². The molecule has 0 aromatic heterocycles. The number of ether oxygens (including phenoxy) is 1. The summed E-state index contributed by atoms with van der Waals surface area (Å²) < 4.78 is 33.4. The zero-order valence-electron chi connectivity index (χ0n) is 19.1. The summed E-state index contributed by atoms with van der Waals surface area (Å²) in [4.78, 5) is 23.1. The van der Waals surface area contributed by atoms with E-state index in [0.29, 0.717) is 5.75 Å². The van der Waals surface area contributed by atoms with E-state index in [0.717, 1.165) is 15.1 Å². The van der Waals surface area contributed by atoms with E-state index in [1.807, 2.05) is 42.5 Å². The van der Waals surface area contributed by atoms with E-state index in [2.05, 4.69) is 5.32 Å². The van der Waals surface area contributed by atoms with Crippen molar-refractivity contribution in [3.05, 3.63) is 107 Å². The molecule has 1 amide bonds. The highest BCUT2D eigenvalue weighted by Crippen LogP contribution is 2.26. The Morgan fingerprint density at radius 2 is 1.56 bits per heavy atom. The summed E-state index contributed by atoms with van der Waals surface area (Å²) >= 11 is 0. The maximum Gasteiger partial charge on any atom is 0.269 e. The van der Waals surface area contributed by atoms with Crippen LogP contribution >= 0.6 is 0 Å². The number of rotatable bonds is 10. The highest BCUT2D eigenvalue weighted by Gasteiger charge is 2.27. The molecule has 9 nitrogen and oxygen atoms in total. The summed E-state index contributed by atoms with van der Waals surface area (Å²) in [6.45, 7) is -0.173. The fourth-order valence-electron chi connectivity index (χ4n) is 3.63. The molecule has 0 spiro atoms. The van der Waals surface area contributed by atoms with Crippen LogP contribution in [0.3, 0.4) is 0 Å². The van der Waals surface area contributed by atoms with E-state index >= 15 is 0 Å². The molecule has 0 unspecified atom stereocenters. The smallest absolute Gasteiger partial charge is 0.269 e. The van der Waals surface area contributed by atoms with Crippen LogP contribution in [-0.4, -0.2) is 38.9 Å². The molecule has 36 heavy (non-hydrogen) atoms. The minimum Gasteiger partial charge on any atom is -0.491 e. The number of hydrogen-bond acceptors (Lipinski definition) is 6. The van der Waals surface area contributed by atoms with Gasteiger partial charge >= 0.3 is 0 Å². The van der Waals surface area contributed by atoms with E-state index in [1.165, 1.54) is 36.4 Å². The van der Waals surface area contributed by atoms with Crippen molar-refractivity contribution in [1.29, 1.82) is 0 Å². The van der Waals surface area contributed by atoms with E-state index in [-0.39, 0.29) is 29.4 Å². The molecular formula is C26H23N3O6S. The summed E-state index contributed by atoms with van der Waals surface area (Å²) in [7, 11) is -4.11. The van der Waals surface area contributed by atoms with Crippen LogP contribution in [0.25, 0.3) is 10.8 Å². The number of sulfonamides is 1. The maximum atomic E-state index is 13.3. The Bertz CT molecular complexity index is 1470. The van der Waals surface area contributed by atoms with Crippen molar-refractivity contribution < 1.29 is 22.9 Å². The molecule has 184 valence electrons. The second kappa shape index (κ2) is 10.9. The minimum atomic E-state index is -4.11. The third-order valence-electron chi connectivity index (χ3n) is 5.40. The van der Waals surface area contributed by atoms with E-state index in [1.54, 1.807) is 18.2 Å². The van der Waals surface area contributed by atoms with Crippen LogP contribution in [0.5, 0.6) is 5.75 Å². The number of benzene rings is 4. The average molecular weight is 506 g/mol. The monoisotopic (exact) mass is 505 g/mol. The Morgan fingerprint density at radius 3 is 2.28 bits per heavy atom. The van der Waals surface area contributed by atoms with Crippen LogP contribution in [0.1, 0.15) is 0 Å². The summed E-state index contributed by atoms with van der Waals surface area (Å²) in [6, 6.07) is 26.1. The molecule has 0 aliphatic rings. The number of fused-ring (bicyclic) bond motifs is 1. The van der Waals surface area contributed by atoms with E-state index in [9.17, 15) is 23.3 Å². The predicted molar refractivity (Wildman–Crippen MR) is 137 cm³/mol. The largest absolute Gasteiger partial charge is 0.491 e. The Morgan fingerprint density at radius 1 is 0.889 bits per heavy atom. The van der Waals surface area contributed by atoms with Gasteiger partial charge in [0.25, 0.3) is 15.7 Å². The Hall–Kier alpha value is -4.44. The van der Waals surface area contributed by atoms with Gasteiger partial charge in [0.05, 0.1) is 22.1 Å². The number of carbonyl (C=O) groups excluding carboxylic acids is 1. The van der Waals surface area contributed by atoms with E-state index in [4.69, 9.17) is 4.74 Å². The predicted octanol–water partition coefficient (Wildman–Crippen LogP) is 4.14. The Kier molecular flexibility index (Phi) is 7.45. The maximum absolute atomic E-state index is 13.3. The Labute approximate surface area is 208 Å². The number of nitrogens with one attached hydrogen (secondary N) is 1. The quantitative estimate of drug-likeness (QED) is 0.197. The molecule has 0 atom stereocenters. The van der Waals surface area contributed by atoms with E-state index < -0.39 is 27.4 Å². The standard InChI is InChI=1S/C26H23N3O6S/c30-26(27-17-18-35-25-12-6-8-20-7-4-5-11-24(20)25)19-28(21-13-15-22(16-14-21)29(31)32)36(33,34)23-9-2-1-3-10-23/h1-16H,17-19H2,(H,27,30). The number of nitro groups is 1. The normalized spacial score (nSPS) is 11.1. The molecule has 0 bridgehead atoms. The first-order valence-corrected chi connectivity index (χ1v) is 12.5. The number of nitro benzene ring substituents is 1. The molecule has 0 radical (unpaired) electrons. The first-order chi connectivity index (χ1) is 17.4. The lowest BCUT2D eigenvalue weighted by molar-refractivity contribution is -0.384. The fraction of sp³-hybridized carbons (Fsp3) is 0.115. The van der Waals surface area contributed by atoms with Crippen molar-refractivity contribution in [3.8, 4) is 5.75 Å². The van der Waals surface area contributed by atoms with Crippen LogP contribution < -0.4 is 14.4 Å². The van der Waals surface area contributed by atoms with Gasteiger partial charge in [-0.05, 0) is 35.7 Å². The second-order valence-corrected chi connectivity index (χ2v) is 9.64. The molecule has 0 aliphatic heterocycles. The molecular weight excluding hydrogens is 482 g/mol. The van der Waals surface area contributed by atoms with Crippen LogP contribution in [0.4, 0.5) is 11.4 Å². The molecule has 4 aromatic rings. The summed E-state index contributed by atoms with van der Waals surface area (Å²) in [6.07, 6.45) is 0. The van der Waals surface area contributed by atoms with Crippen LogP contribution in [0.15, 0.2) is 102 Å². The van der Waals surface area contributed by atoms with Gasteiger partial charge in [0.15, 0.2) is 0 Å². The van der Waals surface area contributed by atoms with Gasteiger partial charge in [-0.1, -0.05) is 54.6 Å². The summed E-state index contributed by atoms with van der Waals surface area (Å²) in [5, 5.41) is 15.7. The van der Waals surface area contributed by atoms with Gasteiger partial charge in [-0.15, -0.1) is 0 Å². The first-order valence-electron chi connectivity index (χ1n) is 11.1. The highest BCUT2D eigenvalue weighted by molar-refractivity contribution is 7.92. The zero-order chi connectivity index (χ0) is 25.5. The van der Waals surface area contributed by atoms with Crippen molar-refractivity contribution in [2.45, 2.75) is 4.90 Å². The number of anilines is 1. The number of hydrogen-bond donors (Lipinski definition) is 1. The fourth-order valence-corrected chi connectivity index (χ4v) is 5.08. The molecule has 1 N–H and O–H groups in total. The lowest BCUT2D eigenvalue weighted by Crippen LogP contribution is -2.41. The SMILES string of the molecule is O=C(CN(c1ccc([N+](=O)[O-])cc1)S(=O)(=O)c1ccccc1)NCCOc1cccc2ccccc12. The van der Waals surface area contributed by atoms with Gasteiger partial charge in [-0.3, -0.25) is 19.2 Å². The van der Waals surface area contributed by atoms with Gasteiger partial charge < -0.3 is 10.1 Å². The molecule has 0 heterocycles. The van der Waals surface area contributed by atoms with Crippen molar-refractivity contribution in [1.82, 2.24) is 5.32 Å². The van der Waals surface area contributed by atoms with Crippen molar-refractivity contribution >= 4 is 38.1 Å². The van der Waals surface area contributed by atoms with Gasteiger partial charge in [-0.2, -0.15) is 0 Å². The average Bonchev–Trinajstić information content (AvgIpc) is 2.90. The van der Waals surface area contributed by atoms with Crippen LogP contribution in [-0.2, 0) is 14.8 Å². The summed E-state index contributed by atoms with van der Waals surface area (Å²) in [5.74, 6) is 0.135. The molecule has 10 heteroatoms. The van der Waals surface area contributed by atoms with Crippen LogP contribution in [0.2, 0.25) is 0 Å².